The molecule has 0 aliphatic heterocycles. The Labute approximate surface area is 154 Å². The highest BCUT2D eigenvalue weighted by Crippen LogP contribution is 2.32. The first-order valence-electron chi connectivity index (χ1n) is 8.58. The van der Waals surface area contributed by atoms with Crippen LogP contribution in [0.4, 0.5) is 23.2 Å². The zero-order valence-corrected chi connectivity index (χ0v) is 14.5. The minimum Gasteiger partial charge on any atom is -0.384 e. The van der Waals surface area contributed by atoms with Crippen molar-refractivity contribution in [2.24, 2.45) is 0 Å². The van der Waals surface area contributed by atoms with Crippen LogP contribution in [0.5, 0.6) is 0 Å². The fourth-order valence-corrected chi connectivity index (χ4v) is 2.79. The molecule has 0 spiro atoms. The molecule has 0 unspecified atom stereocenters. The van der Waals surface area contributed by atoms with Crippen LogP contribution in [0.3, 0.4) is 0 Å². The number of alkyl halides is 3. The van der Waals surface area contributed by atoms with Gasteiger partial charge in [0.05, 0.1) is 11.1 Å². The van der Waals surface area contributed by atoms with Crippen LogP contribution in [0.25, 0.3) is 10.9 Å². The first-order valence-corrected chi connectivity index (χ1v) is 8.58. The molecule has 0 aliphatic carbocycles. The van der Waals surface area contributed by atoms with E-state index in [1.807, 2.05) is 6.07 Å². The zero-order valence-electron chi connectivity index (χ0n) is 14.5. The average Bonchev–Trinajstić information content (AvgIpc) is 2.63. The first-order chi connectivity index (χ1) is 12.9. The normalized spacial score (nSPS) is 11.7. The zero-order chi connectivity index (χ0) is 19.3. The van der Waals surface area contributed by atoms with Crippen LogP contribution < -0.4 is 10.6 Å². The van der Waals surface area contributed by atoms with E-state index in [1.165, 1.54) is 24.4 Å². The van der Waals surface area contributed by atoms with Gasteiger partial charge in [-0.2, -0.15) is 13.2 Å². The Kier molecular flexibility index (Phi) is 5.91. The fourth-order valence-electron chi connectivity index (χ4n) is 2.79. The minimum atomic E-state index is -4.38. The smallest absolute Gasteiger partial charge is 0.384 e. The predicted octanol–water partition coefficient (Wildman–Crippen LogP) is 4.98. The molecule has 1 aromatic heterocycles. The lowest BCUT2D eigenvalue weighted by atomic mass is 10.1. The molecule has 2 aromatic carbocycles. The fraction of sp³-hybridized carbons (Fsp3) is 0.250. The summed E-state index contributed by atoms with van der Waals surface area (Å²) in [4.78, 5) is 4.03. The Bertz CT molecular complexity index is 909. The molecule has 0 amide bonds. The SMILES string of the molecule is Fc1cccc(CNCCCNc2ccnc3cc(C(F)(F)F)ccc23)c1. The summed E-state index contributed by atoms with van der Waals surface area (Å²) in [5, 5.41) is 7.12. The van der Waals surface area contributed by atoms with Crippen LogP contribution in [0, 0.1) is 5.82 Å². The number of pyridine rings is 1. The first kappa shape index (κ1) is 19.1. The van der Waals surface area contributed by atoms with Gasteiger partial charge >= 0.3 is 6.18 Å². The Morgan fingerprint density at radius 3 is 2.59 bits per heavy atom. The van der Waals surface area contributed by atoms with Crippen LogP contribution in [-0.4, -0.2) is 18.1 Å². The predicted molar refractivity (Wildman–Crippen MR) is 98.0 cm³/mol. The molecule has 7 heteroatoms. The van der Waals surface area contributed by atoms with Gasteiger partial charge in [0.1, 0.15) is 5.82 Å². The molecule has 2 N–H and O–H groups in total. The second-order valence-electron chi connectivity index (χ2n) is 6.18. The van der Waals surface area contributed by atoms with Gasteiger partial charge in [-0.05, 0) is 48.9 Å². The highest BCUT2D eigenvalue weighted by molar-refractivity contribution is 5.91. The van der Waals surface area contributed by atoms with Crippen LogP contribution in [0.1, 0.15) is 17.5 Å². The molecule has 0 aliphatic rings. The second-order valence-corrected chi connectivity index (χ2v) is 6.18. The topological polar surface area (TPSA) is 37.0 Å². The van der Waals surface area contributed by atoms with Crippen LogP contribution in [0.2, 0.25) is 0 Å². The van der Waals surface area contributed by atoms with Crippen molar-refractivity contribution in [1.29, 1.82) is 0 Å². The molecule has 0 saturated heterocycles. The third-order valence-electron chi connectivity index (χ3n) is 4.13. The number of halogens is 4. The molecule has 3 aromatic rings. The van der Waals surface area contributed by atoms with E-state index in [1.54, 1.807) is 12.1 Å². The molecule has 142 valence electrons. The van der Waals surface area contributed by atoms with Crippen molar-refractivity contribution in [2.75, 3.05) is 18.4 Å². The van der Waals surface area contributed by atoms with E-state index in [2.05, 4.69) is 15.6 Å². The van der Waals surface area contributed by atoms with Crippen molar-refractivity contribution in [1.82, 2.24) is 10.3 Å². The molecule has 0 atom stereocenters. The van der Waals surface area contributed by atoms with Crippen molar-refractivity contribution < 1.29 is 17.6 Å². The Balaban J connectivity index is 1.51. The van der Waals surface area contributed by atoms with Crippen LogP contribution in [0.15, 0.2) is 54.7 Å². The lowest BCUT2D eigenvalue weighted by Gasteiger charge is -2.12. The van der Waals surface area contributed by atoms with E-state index in [-0.39, 0.29) is 5.82 Å². The minimum absolute atomic E-state index is 0.255. The number of nitrogens with one attached hydrogen (secondary N) is 2. The molecule has 0 radical (unpaired) electrons. The van der Waals surface area contributed by atoms with E-state index < -0.39 is 11.7 Å². The lowest BCUT2D eigenvalue weighted by molar-refractivity contribution is -0.137. The number of fused-ring (bicyclic) bond motifs is 1. The van der Waals surface area contributed by atoms with Crippen molar-refractivity contribution in [3.05, 3.63) is 71.7 Å². The number of hydrogen-bond donors (Lipinski definition) is 2. The summed E-state index contributed by atoms with van der Waals surface area (Å²) in [6.07, 6.45) is -2.08. The van der Waals surface area contributed by atoms with Crippen LogP contribution >= 0.6 is 0 Å². The van der Waals surface area contributed by atoms with Crippen LogP contribution in [-0.2, 0) is 12.7 Å². The maximum absolute atomic E-state index is 13.1. The summed E-state index contributed by atoms with van der Waals surface area (Å²) >= 11 is 0. The van der Waals surface area contributed by atoms with Gasteiger partial charge in [-0.3, -0.25) is 4.98 Å². The molecular formula is C20H19F4N3. The van der Waals surface area contributed by atoms with Crippen molar-refractivity contribution >= 4 is 16.6 Å². The van der Waals surface area contributed by atoms with E-state index >= 15 is 0 Å². The van der Waals surface area contributed by atoms with Gasteiger partial charge in [0, 0.05) is 30.4 Å². The van der Waals surface area contributed by atoms with E-state index in [0.29, 0.717) is 24.0 Å². The third-order valence-corrected chi connectivity index (χ3v) is 4.13. The third kappa shape index (κ3) is 5.17. The number of nitrogens with zero attached hydrogens (tertiary/aromatic N) is 1. The monoisotopic (exact) mass is 377 g/mol. The second kappa shape index (κ2) is 8.35. The van der Waals surface area contributed by atoms with E-state index in [4.69, 9.17) is 0 Å². The highest BCUT2D eigenvalue weighted by Gasteiger charge is 2.30. The molecule has 0 fully saturated rings. The van der Waals surface area contributed by atoms with Crippen molar-refractivity contribution in [3.8, 4) is 0 Å². The summed E-state index contributed by atoms with van der Waals surface area (Å²) in [7, 11) is 0. The number of aromatic nitrogens is 1. The lowest BCUT2D eigenvalue weighted by Crippen LogP contribution is -2.17. The molecular weight excluding hydrogens is 358 g/mol. The molecule has 3 nitrogen and oxygen atoms in total. The Morgan fingerprint density at radius 2 is 1.81 bits per heavy atom. The summed E-state index contributed by atoms with van der Waals surface area (Å²) in [6, 6.07) is 11.7. The van der Waals surface area contributed by atoms with Gasteiger partial charge in [-0.1, -0.05) is 18.2 Å². The number of rotatable bonds is 7. The standard InChI is InChI=1S/C20H19F4N3/c21-16-4-1-3-14(11-16)13-25-8-2-9-26-18-7-10-27-19-12-15(20(22,23)24)5-6-17(18)19/h1,3-7,10-12,25H,2,8-9,13H2,(H,26,27). The van der Waals surface area contributed by atoms with Crippen molar-refractivity contribution in [3.63, 3.8) is 0 Å². The van der Waals surface area contributed by atoms with Gasteiger partial charge in [-0.25, -0.2) is 4.39 Å². The molecule has 1 heterocycles. The van der Waals surface area contributed by atoms with Crippen molar-refractivity contribution in [2.45, 2.75) is 19.1 Å². The average molecular weight is 377 g/mol. The molecule has 0 bridgehead atoms. The van der Waals surface area contributed by atoms with Gasteiger partial charge in [0.25, 0.3) is 0 Å². The number of benzene rings is 2. The number of hydrogen-bond acceptors (Lipinski definition) is 3. The van der Waals surface area contributed by atoms with Gasteiger partial charge in [0.2, 0.25) is 0 Å². The summed E-state index contributed by atoms with van der Waals surface area (Å²) in [5.41, 5.74) is 1.22. The number of anilines is 1. The highest BCUT2D eigenvalue weighted by atomic mass is 19.4. The largest absolute Gasteiger partial charge is 0.416 e. The van der Waals surface area contributed by atoms with E-state index in [9.17, 15) is 17.6 Å². The summed E-state index contributed by atoms with van der Waals surface area (Å²) in [6.45, 7) is 1.96. The van der Waals surface area contributed by atoms with Gasteiger partial charge in [-0.15, -0.1) is 0 Å². The Morgan fingerprint density at radius 1 is 0.963 bits per heavy atom. The van der Waals surface area contributed by atoms with Gasteiger partial charge in [0.15, 0.2) is 0 Å². The molecule has 0 saturated carbocycles. The quantitative estimate of drug-likeness (QED) is 0.450. The van der Waals surface area contributed by atoms with Gasteiger partial charge < -0.3 is 10.6 Å². The molecule has 27 heavy (non-hydrogen) atoms. The summed E-state index contributed by atoms with van der Waals surface area (Å²) < 4.78 is 51.5. The summed E-state index contributed by atoms with van der Waals surface area (Å²) in [5.74, 6) is -0.255. The maximum Gasteiger partial charge on any atom is 0.416 e. The maximum atomic E-state index is 13.1. The Hall–Kier alpha value is -2.67. The molecule has 3 rings (SSSR count). The van der Waals surface area contributed by atoms with E-state index in [0.717, 1.165) is 36.3 Å².